The summed E-state index contributed by atoms with van der Waals surface area (Å²) in [4.78, 5) is 0. The summed E-state index contributed by atoms with van der Waals surface area (Å²) in [5.41, 5.74) is 0.469. The van der Waals surface area contributed by atoms with Crippen LogP contribution in [0, 0.1) is 0 Å². The molecule has 1 heterocycles. The molecule has 1 aromatic heterocycles. The lowest BCUT2D eigenvalue weighted by molar-refractivity contribution is -0.0726. The Balaban J connectivity index is 1.84. The minimum atomic E-state index is -0.796. The maximum atomic E-state index is 10.1. The van der Waals surface area contributed by atoms with E-state index in [4.69, 9.17) is 0 Å². The number of aryl methyl sites for hydroxylation is 1. The molecule has 1 unspecified atom stereocenters. The molecule has 0 radical (unpaired) electrons. The monoisotopic (exact) mass is 226 g/mol. The fourth-order valence-electron chi connectivity index (χ4n) is 2.33. The summed E-state index contributed by atoms with van der Waals surface area (Å²) in [7, 11) is 0. The van der Waals surface area contributed by atoms with Crippen LogP contribution in [0.4, 0.5) is 0 Å². The zero-order valence-electron chi connectivity index (χ0n) is 8.85. The van der Waals surface area contributed by atoms with E-state index in [0.29, 0.717) is 6.42 Å². The Bertz CT molecular complexity index is 289. The average Bonchev–Trinajstić information content (AvgIpc) is 2.85. The minimum Gasteiger partial charge on any atom is -0.390 e. The van der Waals surface area contributed by atoms with E-state index in [1.807, 2.05) is 5.38 Å². The van der Waals surface area contributed by atoms with E-state index in [9.17, 15) is 10.2 Å². The Morgan fingerprint density at radius 2 is 2.13 bits per heavy atom. The van der Waals surface area contributed by atoms with Crippen molar-refractivity contribution >= 4 is 11.3 Å². The first-order chi connectivity index (χ1) is 7.21. The summed E-state index contributed by atoms with van der Waals surface area (Å²) >= 11 is 1.68. The Kier molecular flexibility index (Phi) is 3.44. The molecule has 0 aliphatic heterocycles. The second-order valence-electron chi connectivity index (χ2n) is 4.50. The highest BCUT2D eigenvalue weighted by Gasteiger charge is 2.37. The van der Waals surface area contributed by atoms with Gasteiger partial charge in [-0.15, -0.1) is 0 Å². The summed E-state index contributed by atoms with van der Waals surface area (Å²) in [6.07, 6.45) is 4.60. The quantitative estimate of drug-likeness (QED) is 0.827. The summed E-state index contributed by atoms with van der Waals surface area (Å²) < 4.78 is 0. The third-order valence-electron chi connectivity index (χ3n) is 3.38. The van der Waals surface area contributed by atoms with Crippen molar-refractivity contribution in [2.24, 2.45) is 0 Å². The number of hydrogen-bond acceptors (Lipinski definition) is 3. The van der Waals surface area contributed by atoms with Gasteiger partial charge in [0.25, 0.3) is 0 Å². The lowest BCUT2D eigenvalue weighted by atomic mass is 9.91. The molecule has 0 saturated heterocycles. The molecule has 1 aromatic rings. The van der Waals surface area contributed by atoms with Crippen molar-refractivity contribution in [1.29, 1.82) is 0 Å². The first-order valence-corrected chi connectivity index (χ1v) is 6.56. The molecule has 0 amide bonds. The van der Waals surface area contributed by atoms with E-state index < -0.39 is 11.7 Å². The normalized spacial score (nSPS) is 21.7. The van der Waals surface area contributed by atoms with E-state index in [2.05, 4.69) is 11.4 Å². The van der Waals surface area contributed by atoms with Crippen molar-refractivity contribution in [3.05, 3.63) is 22.4 Å². The van der Waals surface area contributed by atoms with Gasteiger partial charge in [0.05, 0.1) is 11.7 Å². The Hall–Kier alpha value is -0.380. The van der Waals surface area contributed by atoms with Crippen LogP contribution in [0.1, 0.15) is 37.7 Å². The standard InChI is InChI=1S/C12H18O2S/c13-11(12(14)6-1-2-7-12)4-3-10-5-8-15-9-10/h5,8-9,11,13-14H,1-4,6-7H2. The highest BCUT2D eigenvalue weighted by atomic mass is 32.1. The van der Waals surface area contributed by atoms with Gasteiger partial charge < -0.3 is 10.2 Å². The van der Waals surface area contributed by atoms with Crippen LogP contribution < -0.4 is 0 Å². The lowest BCUT2D eigenvalue weighted by Crippen LogP contribution is -2.39. The van der Waals surface area contributed by atoms with Crippen molar-refractivity contribution < 1.29 is 10.2 Å². The number of aliphatic hydroxyl groups excluding tert-OH is 1. The second-order valence-corrected chi connectivity index (χ2v) is 5.28. The molecule has 0 aromatic carbocycles. The molecule has 2 N–H and O–H groups in total. The van der Waals surface area contributed by atoms with Crippen molar-refractivity contribution in [2.75, 3.05) is 0 Å². The van der Waals surface area contributed by atoms with E-state index in [1.54, 1.807) is 11.3 Å². The van der Waals surface area contributed by atoms with Gasteiger partial charge >= 0.3 is 0 Å². The van der Waals surface area contributed by atoms with Crippen LogP contribution >= 0.6 is 11.3 Å². The highest BCUT2D eigenvalue weighted by molar-refractivity contribution is 7.07. The van der Waals surface area contributed by atoms with Gasteiger partial charge in [0.2, 0.25) is 0 Å². The third kappa shape index (κ3) is 2.60. The summed E-state index contributed by atoms with van der Waals surface area (Å²) in [6, 6.07) is 2.08. The molecule has 1 atom stereocenters. The number of rotatable bonds is 4. The van der Waals surface area contributed by atoms with E-state index >= 15 is 0 Å². The predicted molar refractivity (Wildman–Crippen MR) is 62.1 cm³/mol. The highest BCUT2D eigenvalue weighted by Crippen LogP contribution is 2.34. The molecule has 15 heavy (non-hydrogen) atoms. The molecule has 2 rings (SSSR count). The van der Waals surface area contributed by atoms with Gasteiger partial charge in [-0.05, 0) is 48.1 Å². The van der Waals surface area contributed by atoms with Crippen LogP contribution in [0.15, 0.2) is 16.8 Å². The van der Waals surface area contributed by atoms with E-state index in [1.165, 1.54) is 5.56 Å². The van der Waals surface area contributed by atoms with Crippen molar-refractivity contribution in [2.45, 2.75) is 50.2 Å². The second kappa shape index (κ2) is 4.64. The van der Waals surface area contributed by atoms with Gasteiger partial charge in [0.1, 0.15) is 0 Å². The molecular formula is C12H18O2S. The topological polar surface area (TPSA) is 40.5 Å². The number of aliphatic hydroxyl groups is 2. The third-order valence-corrected chi connectivity index (χ3v) is 4.11. The molecule has 0 spiro atoms. The van der Waals surface area contributed by atoms with Crippen molar-refractivity contribution in [1.82, 2.24) is 0 Å². The van der Waals surface area contributed by atoms with Gasteiger partial charge in [0, 0.05) is 0 Å². The van der Waals surface area contributed by atoms with Gasteiger partial charge in [-0.2, -0.15) is 11.3 Å². The van der Waals surface area contributed by atoms with E-state index in [0.717, 1.165) is 32.1 Å². The van der Waals surface area contributed by atoms with Crippen LogP contribution in [0.3, 0.4) is 0 Å². The van der Waals surface area contributed by atoms with Crippen LogP contribution in [-0.4, -0.2) is 21.9 Å². The summed E-state index contributed by atoms with van der Waals surface area (Å²) in [5.74, 6) is 0. The molecule has 3 heteroatoms. The van der Waals surface area contributed by atoms with Crippen molar-refractivity contribution in [3.63, 3.8) is 0 Å². The average molecular weight is 226 g/mol. The van der Waals surface area contributed by atoms with Crippen LogP contribution in [-0.2, 0) is 6.42 Å². The first-order valence-electron chi connectivity index (χ1n) is 5.62. The zero-order valence-corrected chi connectivity index (χ0v) is 9.67. The molecule has 0 bridgehead atoms. The Morgan fingerprint density at radius 3 is 2.73 bits per heavy atom. The molecule has 84 valence electrons. The smallest absolute Gasteiger partial charge is 0.0905 e. The summed E-state index contributed by atoms with van der Waals surface area (Å²) in [5, 5.41) is 24.3. The lowest BCUT2D eigenvalue weighted by Gasteiger charge is -2.28. The van der Waals surface area contributed by atoms with E-state index in [-0.39, 0.29) is 0 Å². The molecule has 1 aliphatic rings. The number of hydrogen-bond donors (Lipinski definition) is 2. The minimum absolute atomic E-state index is 0.556. The van der Waals surface area contributed by atoms with Crippen molar-refractivity contribution in [3.8, 4) is 0 Å². The number of thiophene rings is 1. The molecule has 1 aliphatic carbocycles. The van der Waals surface area contributed by atoms with Crippen LogP contribution in [0.5, 0.6) is 0 Å². The van der Waals surface area contributed by atoms with Gasteiger partial charge in [-0.25, -0.2) is 0 Å². The SMILES string of the molecule is OC(CCc1ccsc1)C1(O)CCCC1. The molecule has 1 fully saturated rings. The maximum Gasteiger partial charge on any atom is 0.0905 e. The Labute approximate surface area is 94.6 Å². The van der Waals surface area contributed by atoms with Gasteiger partial charge in [-0.1, -0.05) is 12.8 Å². The zero-order chi connectivity index (χ0) is 10.7. The first kappa shape index (κ1) is 11.1. The Morgan fingerprint density at radius 1 is 1.40 bits per heavy atom. The predicted octanol–water partition coefficient (Wildman–Crippen LogP) is 2.35. The fourth-order valence-corrected chi connectivity index (χ4v) is 3.03. The van der Waals surface area contributed by atoms with Gasteiger partial charge in [-0.3, -0.25) is 0 Å². The molecule has 1 saturated carbocycles. The summed E-state index contributed by atoms with van der Waals surface area (Å²) in [6.45, 7) is 0. The maximum absolute atomic E-state index is 10.1. The molecular weight excluding hydrogens is 208 g/mol. The fraction of sp³-hybridized carbons (Fsp3) is 0.667. The van der Waals surface area contributed by atoms with Crippen LogP contribution in [0.2, 0.25) is 0 Å². The largest absolute Gasteiger partial charge is 0.390 e. The molecule has 2 nitrogen and oxygen atoms in total. The van der Waals surface area contributed by atoms with Gasteiger partial charge in [0.15, 0.2) is 0 Å². The van der Waals surface area contributed by atoms with Crippen LogP contribution in [0.25, 0.3) is 0 Å².